The van der Waals surface area contributed by atoms with Crippen LogP contribution in [-0.4, -0.2) is 14.9 Å². The van der Waals surface area contributed by atoms with Crippen molar-refractivity contribution < 1.29 is 5.11 Å². The molecule has 1 aromatic heterocycles. The average molecular weight is 222 g/mol. The summed E-state index contributed by atoms with van der Waals surface area (Å²) in [5, 5.41) is 14.9. The first-order valence-electron chi connectivity index (χ1n) is 6.43. The van der Waals surface area contributed by atoms with Crippen LogP contribution in [0.1, 0.15) is 57.7 Å². The van der Waals surface area contributed by atoms with Gasteiger partial charge in [0, 0.05) is 18.2 Å². The van der Waals surface area contributed by atoms with Crippen LogP contribution in [0.25, 0.3) is 0 Å². The predicted octanol–water partition coefficient (Wildman–Crippen LogP) is 2.91. The van der Waals surface area contributed by atoms with E-state index in [0.717, 1.165) is 31.5 Å². The third-order valence-corrected chi connectivity index (χ3v) is 4.21. The van der Waals surface area contributed by atoms with Gasteiger partial charge in [-0.15, -0.1) is 0 Å². The topological polar surface area (TPSA) is 38.0 Å². The quantitative estimate of drug-likeness (QED) is 0.850. The fraction of sp³-hybridized carbons (Fsp3) is 0.769. The van der Waals surface area contributed by atoms with Crippen molar-refractivity contribution in [3.8, 4) is 0 Å². The lowest BCUT2D eigenvalue weighted by molar-refractivity contribution is 0.0171. The average Bonchev–Trinajstić information content (AvgIpc) is 2.97. The van der Waals surface area contributed by atoms with Gasteiger partial charge in [-0.25, -0.2) is 0 Å². The monoisotopic (exact) mass is 222 g/mol. The molecule has 16 heavy (non-hydrogen) atoms. The summed E-state index contributed by atoms with van der Waals surface area (Å²) in [6.07, 6.45) is 7.32. The summed E-state index contributed by atoms with van der Waals surface area (Å²) >= 11 is 0. The van der Waals surface area contributed by atoms with E-state index in [1.807, 2.05) is 10.7 Å². The van der Waals surface area contributed by atoms with Crippen molar-refractivity contribution >= 4 is 0 Å². The number of aliphatic hydroxyl groups excluding tert-OH is 1. The van der Waals surface area contributed by atoms with Crippen LogP contribution >= 0.6 is 0 Å². The first-order valence-corrected chi connectivity index (χ1v) is 6.43. The second-order valence-electron chi connectivity index (χ2n) is 4.90. The van der Waals surface area contributed by atoms with Gasteiger partial charge < -0.3 is 5.11 Å². The van der Waals surface area contributed by atoms with Crippen molar-refractivity contribution in [1.29, 1.82) is 0 Å². The van der Waals surface area contributed by atoms with Crippen molar-refractivity contribution in [3.63, 3.8) is 0 Å². The Morgan fingerprint density at radius 3 is 2.69 bits per heavy atom. The zero-order chi connectivity index (χ0) is 11.6. The molecule has 90 valence electrons. The van der Waals surface area contributed by atoms with Crippen molar-refractivity contribution in [3.05, 3.63) is 18.0 Å². The molecule has 3 heteroatoms. The standard InChI is InChI=1S/C13H22N2O/c1-3-13(8-5-6-9-13)12(16)11-7-10-14-15(11)4-2/h7,10,12,16H,3-6,8-9H2,1-2H3. The number of aryl methyl sites for hydroxylation is 1. The van der Waals surface area contributed by atoms with Gasteiger partial charge in [-0.1, -0.05) is 19.8 Å². The molecule has 2 rings (SSSR count). The van der Waals surface area contributed by atoms with Crippen LogP contribution in [0.2, 0.25) is 0 Å². The molecule has 0 amide bonds. The fourth-order valence-electron chi connectivity index (χ4n) is 3.05. The summed E-state index contributed by atoms with van der Waals surface area (Å²) < 4.78 is 1.92. The van der Waals surface area contributed by atoms with Gasteiger partial charge >= 0.3 is 0 Å². The summed E-state index contributed by atoms with van der Waals surface area (Å²) in [5.41, 5.74) is 1.10. The zero-order valence-electron chi connectivity index (χ0n) is 10.3. The maximum Gasteiger partial charge on any atom is 0.101 e. The normalized spacial score (nSPS) is 21.2. The van der Waals surface area contributed by atoms with Crippen LogP contribution in [0.5, 0.6) is 0 Å². The fourth-order valence-corrected chi connectivity index (χ4v) is 3.05. The van der Waals surface area contributed by atoms with Gasteiger partial charge in [-0.3, -0.25) is 4.68 Å². The summed E-state index contributed by atoms with van der Waals surface area (Å²) in [7, 11) is 0. The second kappa shape index (κ2) is 4.58. The lowest BCUT2D eigenvalue weighted by Gasteiger charge is -2.33. The third kappa shape index (κ3) is 1.77. The molecule has 1 N–H and O–H groups in total. The molecule has 1 fully saturated rings. The van der Waals surface area contributed by atoms with E-state index in [9.17, 15) is 5.11 Å². The van der Waals surface area contributed by atoms with Crippen molar-refractivity contribution in [2.75, 3.05) is 0 Å². The number of nitrogens with zero attached hydrogens (tertiary/aromatic N) is 2. The molecule has 0 bridgehead atoms. The van der Waals surface area contributed by atoms with Crippen LogP contribution in [0, 0.1) is 5.41 Å². The number of hydrogen-bond donors (Lipinski definition) is 1. The third-order valence-electron chi connectivity index (χ3n) is 4.21. The van der Waals surface area contributed by atoms with Gasteiger partial charge in [0.1, 0.15) is 6.10 Å². The van der Waals surface area contributed by atoms with Crippen molar-refractivity contribution in [1.82, 2.24) is 9.78 Å². The number of aromatic nitrogens is 2. The molecule has 1 aliphatic carbocycles. The van der Waals surface area contributed by atoms with Crippen LogP contribution < -0.4 is 0 Å². The van der Waals surface area contributed by atoms with Gasteiger partial charge in [0.2, 0.25) is 0 Å². The summed E-state index contributed by atoms with van der Waals surface area (Å²) in [4.78, 5) is 0. The van der Waals surface area contributed by atoms with Crippen molar-refractivity contribution in [2.45, 2.75) is 58.6 Å². The Bertz CT molecular complexity index is 339. The van der Waals surface area contributed by atoms with Gasteiger partial charge in [-0.05, 0) is 32.3 Å². The van der Waals surface area contributed by atoms with E-state index >= 15 is 0 Å². The highest BCUT2D eigenvalue weighted by atomic mass is 16.3. The Kier molecular flexibility index (Phi) is 3.33. The minimum atomic E-state index is -0.345. The highest BCUT2D eigenvalue weighted by Gasteiger charge is 2.40. The smallest absolute Gasteiger partial charge is 0.101 e. The molecule has 1 saturated carbocycles. The van der Waals surface area contributed by atoms with Crippen molar-refractivity contribution in [2.24, 2.45) is 5.41 Å². The van der Waals surface area contributed by atoms with E-state index in [2.05, 4.69) is 18.9 Å². The zero-order valence-corrected chi connectivity index (χ0v) is 10.3. The number of aliphatic hydroxyl groups is 1. The minimum Gasteiger partial charge on any atom is -0.386 e. The molecule has 0 spiro atoms. The second-order valence-corrected chi connectivity index (χ2v) is 4.90. The summed E-state index contributed by atoms with van der Waals surface area (Å²) in [6.45, 7) is 5.09. The van der Waals surface area contributed by atoms with E-state index in [0.29, 0.717) is 0 Å². The molecule has 3 nitrogen and oxygen atoms in total. The Morgan fingerprint density at radius 1 is 1.44 bits per heavy atom. The van der Waals surface area contributed by atoms with Gasteiger partial charge in [0.15, 0.2) is 0 Å². The largest absolute Gasteiger partial charge is 0.386 e. The Balaban J connectivity index is 2.26. The SMILES string of the molecule is CCn1nccc1C(O)C1(CC)CCCC1. The molecule has 0 radical (unpaired) electrons. The molecule has 1 aliphatic rings. The van der Waals surface area contributed by atoms with Gasteiger partial charge in [0.05, 0.1) is 5.69 Å². The summed E-state index contributed by atoms with van der Waals surface area (Å²) in [6, 6.07) is 1.96. The molecule has 0 saturated heterocycles. The summed E-state index contributed by atoms with van der Waals surface area (Å²) in [5.74, 6) is 0. The maximum atomic E-state index is 10.6. The molecular weight excluding hydrogens is 200 g/mol. The molecule has 0 aliphatic heterocycles. The minimum absolute atomic E-state index is 0.104. The first-order chi connectivity index (χ1) is 7.73. The Hall–Kier alpha value is -0.830. The molecule has 1 atom stereocenters. The molecular formula is C13H22N2O. The predicted molar refractivity (Wildman–Crippen MR) is 64.1 cm³/mol. The molecule has 0 aromatic carbocycles. The number of hydrogen-bond acceptors (Lipinski definition) is 2. The van der Waals surface area contributed by atoms with Gasteiger partial charge in [0.25, 0.3) is 0 Å². The van der Waals surface area contributed by atoms with Crippen LogP contribution in [-0.2, 0) is 6.54 Å². The highest BCUT2D eigenvalue weighted by Crippen LogP contribution is 2.49. The highest BCUT2D eigenvalue weighted by molar-refractivity contribution is 5.10. The Morgan fingerprint density at radius 2 is 2.12 bits per heavy atom. The molecule has 1 aromatic rings. The van der Waals surface area contributed by atoms with E-state index in [1.54, 1.807) is 6.20 Å². The lowest BCUT2D eigenvalue weighted by Crippen LogP contribution is -2.27. The van der Waals surface area contributed by atoms with E-state index < -0.39 is 0 Å². The maximum absolute atomic E-state index is 10.6. The molecule has 1 heterocycles. The van der Waals surface area contributed by atoms with E-state index in [-0.39, 0.29) is 11.5 Å². The van der Waals surface area contributed by atoms with E-state index in [4.69, 9.17) is 0 Å². The molecule has 1 unspecified atom stereocenters. The van der Waals surface area contributed by atoms with Gasteiger partial charge in [-0.2, -0.15) is 5.10 Å². The van der Waals surface area contributed by atoms with Crippen LogP contribution in [0.3, 0.4) is 0 Å². The van der Waals surface area contributed by atoms with Crippen LogP contribution in [0.4, 0.5) is 0 Å². The first kappa shape index (κ1) is 11.6. The Labute approximate surface area is 97.5 Å². The number of rotatable bonds is 4. The van der Waals surface area contributed by atoms with E-state index in [1.165, 1.54) is 12.8 Å². The lowest BCUT2D eigenvalue weighted by atomic mass is 9.76. The van der Waals surface area contributed by atoms with Crippen LogP contribution in [0.15, 0.2) is 12.3 Å².